The van der Waals surface area contributed by atoms with E-state index in [1.165, 1.54) is 11.3 Å². The highest BCUT2D eigenvalue weighted by Crippen LogP contribution is 1.98. The predicted molar refractivity (Wildman–Crippen MR) is 32.8 cm³/mol. The first-order valence-corrected chi connectivity index (χ1v) is 2.23. The molecule has 0 unspecified atom stereocenters. The number of aliphatic imine (C=N–C) groups is 1. The molecule has 1 heterocycles. The molecule has 0 aromatic heterocycles. The van der Waals surface area contributed by atoms with Gasteiger partial charge in [-0.2, -0.15) is 0 Å². The Hall–Kier alpha value is -1.09. The molecular formula is C5H7N3. The maximum atomic E-state index is 5.31. The van der Waals surface area contributed by atoms with Crippen LogP contribution < -0.4 is 5.84 Å². The summed E-state index contributed by atoms with van der Waals surface area (Å²) in [6.07, 6.45) is 4.88. The van der Waals surface area contributed by atoms with Crippen molar-refractivity contribution in [2.75, 3.05) is 0 Å². The van der Waals surface area contributed by atoms with Crippen molar-refractivity contribution in [2.24, 2.45) is 10.8 Å². The van der Waals surface area contributed by atoms with Gasteiger partial charge in [-0.1, -0.05) is 6.58 Å². The molecular weight excluding hydrogens is 102 g/mol. The number of rotatable bonds is 0. The highest BCUT2D eigenvalue weighted by Gasteiger charge is 1.95. The molecule has 1 aliphatic rings. The van der Waals surface area contributed by atoms with E-state index in [0.29, 0.717) is 0 Å². The van der Waals surface area contributed by atoms with Crippen LogP contribution in [0.1, 0.15) is 0 Å². The standard InChI is InChI=1S/C5H7N3/c1-5-2-3-7-4-8(5)6/h2-4H,1,6H2. The van der Waals surface area contributed by atoms with Crippen LogP contribution >= 0.6 is 0 Å². The third-order valence-electron chi connectivity index (χ3n) is 0.876. The summed E-state index contributed by atoms with van der Waals surface area (Å²) >= 11 is 0. The van der Waals surface area contributed by atoms with Crippen molar-refractivity contribution < 1.29 is 0 Å². The van der Waals surface area contributed by atoms with E-state index < -0.39 is 0 Å². The lowest BCUT2D eigenvalue weighted by molar-refractivity contribution is 0.577. The molecule has 1 rings (SSSR count). The average molecular weight is 109 g/mol. The number of nitrogens with zero attached hydrogens (tertiary/aromatic N) is 2. The molecule has 42 valence electrons. The Labute approximate surface area is 47.8 Å². The van der Waals surface area contributed by atoms with E-state index in [9.17, 15) is 0 Å². The number of allylic oxidation sites excluding steroid dienone is 1. The molecule has 0 aliphatic carbocycles. The van der Waals surface area contributed by atoms with Gasteiger partial charge in [-0.3, -0.25) is 5.01 Å². The number of hydrazine groups is 1. The van der Waals surface area contributed by atoms with Crippen LogP contribution in [0.25, 0.3) is 0 Å². The topological polar surface area (TPSA) is 41.6 Å². The molecule has 0 atom stereocenters. The second kappa shape index (κ2) is 1.79. The second-order valence-electron chi connectivity index (χ2n) is 1.48. The van der Waals surface area contributed by atoms with Gasteiger partial charge in [-0.15, -0.1) is 0 Å². The summed E-state index contributed by atoms with van der Waals surface area (Å²) in [4.78, 5) is 3.74. The van der Waals surface area contributed by atoms with Crippen LogP contribution in [0.2, 0.25) is 0 Å². The molecule has 2 N–H and O–H groups in total. The predicted octanol–water partition coefficient (Wildman–Crippen LogP) is 0.231. The highest BCUT2D eigenvalue weighted by molar-refractivity contribution is 5.60. The van der Waals surface area contributed by atoms with Crippen molar-refractivity contribution in [3.63, 3.8) is 0 Å². The summed E-state index contributed by atoms with van der Waals surface area (Å²) in [7, 11) is 0. The molecule has 8 heavy (non-hydrogen) atoms. The molecule has 3 heteroatoms. The summed E-state index contributed by atoms with van der Waals surface area (Å²) in [5, 5.41) is 1.36. The first-order valence-electron chi connectivity index (χ1n) is 2.23. The van der Waals surface area contributed by atoms with Gasteiger partial charge < -0.3 is 0 Å². The molecule has 0 spiro atoms. The van der Waals surface area contributed by atoms with Crippen molar-refractivity contribution in [3.05, 3.63) is 24.6 Å². The first kappa shape index (κ1) is 5.05. The van der Waals surface area contributed by atoms with Crippen molar-refractivity contribution in [2.45, 2.75) is 0 Å². The first-order chi connectivity index (χ1) is 3.80. The number of hydrogen-bond donors (Lipinski definition) is 1. The number of hydrogen-bond acceptors (Lipinski definition) is 3. The van der Waals surface area contributed by atoms with E-state index in [4.69, 9.17) is 5.84 Å². The summed E-state index contributed by atoms with van der Waals surface area (Å²) in [6.45, 7) is 3.62. The van der Waals surface area contributed by atoms with Crippen LogP contribution in [0.15, 0.2) is 29.5 Å². The van der Waals surface area contributed by atoms with Crippen LogP contribution in [0.5, 0.6) is 0 Å². The van der Waals surface area contributed by atoms with Gasteiger partial charge in [0.15, 0.2) is 0 Å². The van der Waals surface area contributed by atoms with Crippen LogP contribution in [0.3, 0.4) is 0 Å². The Morgan fingerprint density at radius 1 is 1.75 bits per heavy atom. The molecule has 0 aromatic rings. The molecule has 0 saturated heterocycles. The van der Waals surface area contributed by atoms with Crippen molar-refractivity contribution in [3.8, 4) is 0 Å². The lowest BCUT2D eigenvalue weighted by atomic mass is 10.4. The quantitative estimate of drug-likeness (QED) is 0.452. The average Bonchev–Trinajstić information content (AvgIpc) is 1.77. The SMILES string of the molecule is C=C1C=CN=CN1N. The van der Waals surface area contributed by atoms with Gasteiger partial charge in [0.25, 0.3) is 0 Å². The van der Waals surface area contributed by atoms with E-state index in [0.717, 1.165) is 5.70 Å². The van der Waals surface area contributed by atoms with Crippen molar-refractivity contribution in [1.82, 2.24) is 5.01 Å². The molecule has 3 nitrogen and oxygen atoms in total. The molecule has 0 aromatic carbocycles. The molecule has 0 saturated carbocycles. The van der Waals surface area contributed by atoms with Gasteiger partial charge >= 0.3 is 0 Å². The monoisotopic (exact) mass is 109 g/mol. The zero-order valence-corrected chi connectivity index (χ0v) is 4.41. The third-order valence-corrected chi connectivity index (χ3v) is 0.876. The van der Waals surface area contributed by atoms with Crippen molar-refractivity contribution >= 4 is 6.34 Å². The van der Waals surface area contributed by atoms with Gasteiger partial charge in [0.1, 0.15) is 6.34 Å². The Morgan fingerprint density at radius 2 is 2.50 bits per heavy atom. The van der Waals surface area contributed by atoms with E-state index in [-0.39, 0.29) is 0 Å². The normalized spacial score (nSPS) is 17.6. The highest BCUT2D eigenvalue weighted by atomic mass is 15.4. The van der Waals surface area contributed by atoms with E-state index in [2.05, 4.69) is 11.6 Å². The van der Waals surface area contributed by atoms with Gasteiger partial charge in [0, 0.05) is 6.20 Å². The summed E-state index contributed by atoms with van der Waals surface area (Å²) in [6, 6.07) is 0. The Bertz CT molecular complexity index is 157. The zero-order chi connectivity index (χ0) is 5.98. The minimum atomic E-state index is 0.750. The molecule has 1 aliphatic heterocycles. The fraction of sp³-hybridized carbons (Fsp3) is 0. The van der Waals surface area contributed by atoms with Crippen LogP contribution in [-0.2, 0) is 0 Å². The minimum absolute atomic E-state index is 0.750. The third kappa shape index (κ3) is 0.764. The lowest BCUT2D eigenvalue weighted by Gasteiger charge is -2.13. The second-order valence-corrected chi connectivity index (χ2v) is 1.48. The number of nitrogens with two attached hydrogens (primary N) is 1. The van der Waals surface area contributed by atoms with E-state index in [1.54, 1.807) is 12.3 Å². The van der Waals surface area contributed by atoms with Crippen molar-refractivity contribution in [1.29, 1.82) is 0 Å². The largest absolute Gasteiger partial charge is 0.269 e. The minimum Gasteiger partial charge on any atom is -0.269 e. The Kier molecular flexibility index (Phi) is 1.13. The smallest absolute Gasteiger partial charge is 0.109 e. The van der Waals surface area contributed by atoms with Gasteiger partial charge in [0.05, 0.1) is 5.70 Å². The Morgan fingerprint density at radius 3 is 2.88 bits per heavy atom. The lowest BCUT2D eigenvalue weighted by Crippen LogP contribution is -2.28. The molecule has 0 fully saturated rings. The zero-order valence-electron chi connectivity index (χ0n) is 4.41. The van der Waals surface area contributed by atoms with Crippen LogP contribution in [-0.4, -0.2) is 11.3 Å². The van der Waals surface area contributed by atoms with Gasteiger partial charge in [0.2, 0.25) is 0 Å². The molecule has 0 amide bonds. The fourth-order valence-corrected chi connectivity index (χ4v) is 0.400. The summed E-state index contributed by atoms with van der Waals surface area (Å²) < 4.78 is 0. The van der Waals surface area contributed by atoms with E-state index >= 15 is 0 Å². The maximum absolute atomic E-state index is 5.31. The van der Waals surface area contributed by atoms with Gasteiger partial charge in [-0.05, 0) is 6.08 Å². The molecule has 0 bridgehead atoms. The Balaban J connectivity index is 2.74. The fourth-order valence-electron chi connectivity index (χ4n) is 0.400. The van der Waals surface area contributed by atoms with Crippen LogP contribution in [0.4, 0.5) is 0 Å². The summed E-state index contributed by atoms with van der Waals surface area (Å²) in [5.41, 5.74) is 0.750. The molecule has 0 radical (unpaired) electrons. The van der Waals surface area contributed by atoms with E-state index in [1.807, 2.05) is 0 Å². The van der Waals surface area contributed by atoms with Gasteiger partial charge in [-0.25, -0.2) is 10.8 Å². The maximum Gasteiger partial charge on any atom is 0.109 e. The van der Waals surface area contributed by atoms with Crippen LogP contribution in [0, 0.1) is 0 Å². The summed E-state index contributed by atoms with van der Waals surface area (Å²) in [5.74, 6) is 5.31.